The molecule has 0 heterocycles. The van der Waals surface area contributed by atoms with Gasteiger partial charge in [0.2, 0.25) is 5.91 Å². The fraction of sp³-hybridized carbons (Fsp3) is 0.167. The van der Waals surface area contributed by atoms with Crippen molar-refractivity contribution in [3.63, 3.8) is 0 Å². The zero-order valence-corrected chi connectivity index (χ0v) is 9.34. The van der Waals surface area contributed by atoms with Gasteiger partial charge < -0.3 is 15.6 Å². The molecule has 0 aromatic heterocycles. The van der Waals surface area contributed by atoms with Crippen LogP contribution in [-0.4, -0.2) is 24.1 Å². The molecule has 90 valence electrons. The maximum absolute atomic E-state index is 10.6. The summed E-state index contributed by atoms with van der Waals surface area (Å²) < 4.78 is 5.09. The van der Waals surface area contributed by atoms with Crippen molar-refractivity contribution in [3.05, 3.63) is 35.4 Å². The molecule has 0 saturated heterocycles. The smallest absolute Gasteiger partial charge is 0.307 e. The summed E-state index contributed by atoms with van der Waals surface area (Å²) in [5.41, 5.74) is 6.23. The Labute approximate surface area is 98.5 Å². The Bertz CT molecular complexity index is 466. The third kappa shape index (κ3) is 3.98. The summed E-state index contributed by atoms with van der Waals surface area (Å²) in [5, 5.41) is 8.68. The van der Waals surface area contributed by atoms with E-state index in [2.05, 4.69) is 0 Å². The Morgan fingerprint density at radius 3 is 2.71 bits per heavy atom. The van der Waals surface area contributed by atoms with Crippen LogP contribution in [0.15, 0.2) is 24.3 Å². The Kier molecular flexibility index (Phi) is 4.28. The molecule has 0 aliphatic heterocycles. The van der Waals surface area contributed by atoms with E-state index in [9.17, 15) is 9.59 Å². The average Bonchev–Trinajstić information content (AvgIpc) is 2.25. The van der Waals surface area contributed by atoms with Gasteiger partial charge in [0.05, 0.1) is 13.5 Å². The molecule has 0 saturated carbocycles. The van der Waals surface area contributed by atoms with Gasteiger partial charge in [0.25, 0.3) is 0 Å². The predicted molar refractivity (Wildman–Crippen MR) is 62.6 cm³/mol. The van der Waals surface area contributed by atoms with E-state index in [1.165, 1.54) is 19.3 Å². The average molecular weight is 235 g/mol. The van der Waals surface area contributed by atoms with Crippen molar-refractivity contribution < 1.29 is 19.4 Å². The molecule has 1 rings (SSSR count). The van der Waals surface area contributed by atoms with E-state index >= 15 is 0 Å². The molecule has 0 aliphatic rings. The second-order valence-corrected chi connectivity index (χ2v) is 3.38. The highest BCUT2D eigenvalue weighted by molar-refractivity contribution is 5.90. The molecule has 17 heavy (non-hydrogen) atoms. The lowest BCUT2D eigenvalue weighted by molar-refractivity contribution is -0.136. The topological polar surface area (TPSA) is 89.6 Å². The number of hydrogen-bond donors (Lipinski definition) is 2. The van der Waals surface area contributed by atoms with Crippen molar-refractivity contribution in [3.8, 4) is 5.75 Å². The summed E-state index contributed by atoms with van der Waals surface area (Å²) in [7, 11) is 1.49. The van der Waals surface area contributed by atoms with Gasteiger partial charge in [-0.3, -0.25) is 9.59 Å². The molecule has 0 aliphatic carbocycles. The minimum absolute atomic E-state index is 0.0819. The maximum Gasteiger partial charge on any atom is 0.307 e. The van der Waals surface area contributed by atoms with Gasteiger partial charge in [0.15, 0.2) is 0 Å². The maximum atomic E-state index is 10.6. The van der Waals surface area contributed by atoms with Crippen LogP contribution in [0.1, 0.15) is 11.1 Å². The first-order valence-electron chi connectivity index (χ1n) is 4.89. The van der Waals surface area contributed by atoms with Crippen molar-refractivity contribution in [1.82, 2.24) is 0 Å². The number of primary amides is 1. The highest BCUT2D eigenvalue weighted by atomic mass is 16.5. The number of nitrogens with two attached hydrogens (primary N) is 1. The molecule has 0 radical (unpaired) electrons. The van der Waals surface area contributed by atoms with Crippen LogP contribution >= 0.6 is 0 Å². The van der Waals surface area contributed by atoms with E-state index in [0.717, 1.165) is 0 Å². The molecule has 0 unspecified atom stereocenters. The molecule has 0 bridgehead atoms. The number of ether oxygens (including phenoxy) is 1. The number of aliphatic carboxylic acids is 1. The SMILES string of the molecule is COc1ccc(CC(=O)O)cc1C=CC(N)=O. The van der Waals surface area contributed by atoms with Crippen LogP contribution in [0.5, 0.6) is 5.75 Å². The Balaban J connectivity index is 3.05. The van der Waals surface area contributed by atoms with Crippen LogP contribution in [0.2, 0.25) is 0 Å². The van der Waals surface area contributed by atoms with Gasteiger partial charge in [-0.2, -0.15) is 0 Å². The lowest BCUT2D eigenvalue weighted by Crippen LogP contribution is -2.05. The third-order valence-electron chi connectivity index (χ3n) is 2.08. The molecule has 0 fully saturated rings. The number of amides is 1. The van der Waals surface area contributed by atoms with Crippen LogP contribution in [0.4, 0.5) is 0 Å². The lowest BCUT2D eigenvalue weighted by atomic mass is 10.1. The standard InChI is InChI=1S/C12H13NO4/c1-17-10-4-2-8(7-12(15)16)6-9(10)3-5-11(13)14/h2-6H,7H2,1H3,(H2,13,14)(H,15,16). The summed E-state index contributed by atoms with van der Waals surface area (Å²) in [4.78, 5) is 21.2. The summed E-state index contributed by atoms with van der Waals surface area (Å²) in [6.07, 6.45) is 2.61. The summed E-state index contributed by atoms with van der Waals surface area (Å²) in [6, 6.07) is 4.96. The zero-order chi connectivity index (χ0) is 12.8. The van der Waals surface area contributed by atoms with Crippen molar-refractivity contribution in [1.29, 1.82) is 0 Å². The van der Waals surface area contributed by atoms with Crippen LogP contribution in [-0.2, 0) is 16.0 Å². The third-order valence-corrected chi connectivity index (χ3v) is 2.08. The Hall–Kier alpha value is -2.30. The number of carbonyl (C=O) groups is 2. The molecule has 1 aromatic rings. The highest BCUT2D eigenvalue weighted by Crippen LogP contribution is 2.21. The van der Waals surface area contributed by atoms with Crippen LogP contribution in [0.3, 0.4) is 0 Å². The number of rotatable bonds is 5. The van der Waals surface area contributed by atoms with Crippen LogP contribution in [0.25, 0.3) is 6.08 Å². The number of carboxylic acid groups (broad SMARTS) is 1. The monoisotopic (exact) mass is 235 g/mol. The highest BCUT2D eigenvalue weighted by Gasteiger charge is 2.05. The number of carbonyl (C=O) groups excluding carboxylic acids is 1. The van der Waals surface area contributed by atoms with E-state index in [4.69, 9.17) is 15.6 Å². The van der Waals surface area contributed by atoms with E-state index in [1.54, 1.807) is 18.2 Å². The van der Waals surface area contributed by atoms with Crippen molar-refractivity contribution in [2.45, 2.75) is 6.42 Å². The van der Waals surface area contributed by atoms with E-state index < -0.39 is 11.9 Å². The molecular formula is C12H13NO4. The van der Waals surface area contributed by atoms with Crippen LogP contribution < -0.4 is 10.5 Å². The second kappa shape index (κ2) is 5.69. The first-order valence-corrected chi connectivity index (χ1v) is 4.89. The fourth-order valence-corrected chi connectivity index (χ4v) is 1.37. The number of carboxylic acids is 1. The van der Waals surface area contributed by atoms with Gasteiger partial charge in [0.1, 0.15) is 5.75 Å². The van der Waals surface area contributed by atoms with Crippen molar-refractivity contribution >= 4 is 18.0 Å². The number of methoxy groups -OCH3 is 1. The van der Waals surface area contributed by atoms with E-state index in [1.807, 2.05) is 0 Å². The first-order chi connectivity index (χ1) is 8.02. The van der Waals surface area contributed by atoms with Gasteiger partial charge in [-0.15, -0.1) is 0 Å². The van der Waals surface area contributed by atoms with Gasteiger partial charge in [-0.25, -0.2) is 0 Å². The number of benzene rings is 1. The molecule has 3 N–H and O–H groups in total. The van der Waals surface area contributed by atoms with E-state index in [-0.39, 0.29) is 6.42 Å². The molecule has 0 spiro atoms. The molecule has 1 amide bonds. The molecule has 0 atom stereocenters. The number of hydrogen-bond acceptors (Lipinski definition) is 3. The van der Waals surface area contributed by atoms with E-state index in [0.29, 0.717) is 16.9 Å². The lowest BCUT2D eigenvalue weighted by Gasteiger charge is -2.06. The second-order valence-electron chi connectivity index (χ2n) is 3.38. The van der Waals surface area contributed by atoms with Gasteiger partial charge in [0, 0.05) is 11.6 Å². The van der Waals surface area contributed by atoms with Crippen LogP contribution in [0, 0.1) is 0 Å². The quantitative estimate of drug-likeness (QED) is 0.739. The minimum atomic E-state index is -0.917. The van der Waals surface area contributed by atoms with Gasteiger partial charge in [-0.05, 0) is 23.8 Å². The molecule has 1 aromatic carbocycles. The fourth-order valence-electron chi connectivity index (χ4n) is 1.37. The minimum Gasteiger partial charge on any atom is -0.496 e. The Morgan fingerprint density at radius 2 is 2.18 bits per heavy atom. The molecular weight excluding hydrogens is 222 g/mol. The van der Waals surface area contributed by atoms with Gasteiger partial charge in [-0.1, -0.05) is 6.07 Å². The normalized spacial score (nSPS) is 10.4. The molecule has 5 heteroatoms. The first kappa shape index (κ1) is 12.8. The molecule has 5 nitrogen and oxygen atoms in total. The predicted octanol–water partition coefficient (Wildman–Crippen LogP) is 0.821. The van der Waals surface area contributed by atoms with Gasteiger partial charge >= 0.3 is 5.97 Å². The largest absolute Gasteiger partial charge is 0.496 e. The van der Waals surface area contributed by atoms with Crippen molar-refractivity contribution in [2.75, 3.05) is 7.11 Å². The van der Waals surface area contributed by atoms with Crippen molar-refractivity contribution in [2.24, 2.45) is 5.73 Å². The summed E-state index contributed by atoms with van der Waals surface area (Å²) in [5.74, 6) is -0.938. The summed E-state index contributed by atoms with van der Waals surface area (Å²) in [6.45, 7) is 0. The Morgan fingerprint density at radius 1 is 1.47 bits per heavy atom. The zero-order valence-electron chi connectivity index (χ0n) is 9.34. The summed E-state index contributed by atoms with van der Waals surface area (Å²) >= 11 is 0.